The van der Waals surface area contributed by atoms with Crippen LogP contribution in [0.1, 0.15) is 5.56 Å². The van der Waals surface area contributed by atoms with Crippen LogP contribution in [0.25, 0.3) is 0 Å². The van der Waals surface area contributed by atoms with Crippen LogP contribution in [0.2, 0.25) is 0 Å². The number of rotatable bonds is 3. The van der Waals surface area contributed by atoms with Crippen LogP contribution in [0.5, 0.6) is 0 Å². The van der Waals surface area contributed by atoms with Crippen molar-refractivity contribution in [1.82, 2.24) is 9.97 Å². The Hall–Kier alpha value is -2.23. The topological polar surface area (TPSA) is 81.0 Å². The van der Waals surface area contributed by atoms with Gasteiger partial charge in [-0.05, 0) is 28.1 Å². The van der Waals surface area contributed by atoms with Crippen LogP contribution in [0, 0.1) is 10.1 Å². The molecular weight excluding hydrogens is 357 g/mol. The highest BCUT2D eigenvalue weighted by molar-refractivity contribution is 9.10. The third-order valence-corrected chi connectivity index (χ3v) is 2.80. The summed E-state index contributed by atoms with van der Waals surface area (Å²) in [6.45, 7) is 0. The van der Waals surface area contributed by atoms with E-state index in [1.165, 1.54) is 12.3 Å². The molecule has 10 heteroatoms. The Balaban J connectivity index is 2.28. The van der Waals surface area contributed by atoms with Gasteiger partial charge in [-0.15, -0.1) is 0 Å². The summed E-state index contributed by atoms with van der Waals surface area (Å²) in [6.07, 6.45) is -2.54. The first-order valence-electron chi connectivity index (χ1n) is 5.37. The van der Waals surface area contributed by atoms with Gasteiger partial charge in [-0.25, -0.2) is 9.97 Å². The van der Waals surface area contributed by atoms with E-state index in [4.69, 9.17) is 0 Å². The van der Waals surface area contributed by atoms with Crippen LogP contribution in [-0.4, -0.2) is 14.9 Å². The van der Waals surface area contributed by atoms with Crippen LogP contribution >= 0.6 is 15.9 Å². The van der Waals surface area contributed by atoms with Gasteiger partial charge in [0.15, 0.2) is 0 Å². The minimum atomic E-state index is -4.49. The Labute approximate surface area is 124 Å². The largest absolute Gasteiger partial charge is 0.417 e. The molecule has 0 atom stereocenters. The highest BCUT2D eigenvalue weighted by atomic mass is 79.9. The molecule has 21 heavy (non-hydrogen) atoms. The molecule has 0 fully saturated rings. The molecule has 0 aliphatic carbocycles. The average Bonchev–Trinajstić information content (AvgIpc) is 2.40. The van der Waals surface area contributed by atoms with Gasteiger partial charge in [0.2, 0.25) is 5.82 Å². The van der Waals surface area contributed by atoms with Crippen LogP contribution in [-0.2, 0) is 6.18 Å². The van der Waals surface area contributed by atoms with Gasteiger partial charge >= 0.3 is 11.9 Å². The van der Waals surface area contributed by atoms with Crippen LogP contribution in [0.3, 0.4) is 0 Å². The molecule has 2 heterocycles. The summed E-state index contributed by atoms with van der Waals surface area (Å²) >= 11 is 3.05. The number of hydrogen-bond acceptors (Lipinski definition) is 5. The van der Waals surface area contributed by atoms with Crippen molar-refractivity contribution in [3.05, 3.63) is 50.7 Å². The zero-order valence-corrected chi connectivity index (χ0v) is 11.6. The molecule has 0 radical (unpaired) electrons. The predicted octanol–water partition coefficient (Wildman–Crippen LogP) is 3.91. The molecule has 0 saturated carbocycles. The Morgan fingerprint density at radius 3 is 2.48 bits per heavy atom. The molecular formula is C11H6BrF3N4O2. The maximum atomic E-state index is 12.4. The van der Waals surface area contributed by atoms with E-state index in [9.17, 15) is 23.3 Å². The fourth-order valence-electron chi connectivity index (χ4n) is 1.42. The summed E-state index contributed by atoms with van der Waals surface area (Å²) in [4.78, 5) is 17.6. The summed E-state index contributed by atoms with van der Waals surface area (Å²) < 4.78 is 37.6. The maximum absolute atomic E-state index is 12.4. The van der Waals surface area contributed by atoms with Crippen molar-refractivity contribution in [1.29, 1.82) is 0 Å². The fraction of sp³-hybridized carbons (Fsp3) is 0.0909. The quantitative estimate of drug-likeness (QED) is 0.661. The third-order valence-electron chi connectivity index (χ3n) is 2.37. The Kier molecular flexibility index (Phi) is 4.07. The van der Waals surface area contributed by atoms with Gasteiger partial charge in [-0.1, -0.05) is 0 Å². The van der Waals surface area contributed by atoms with Crippen molar-refractivity contribution in [3.63, 3.8) is 0 Å². The summed E-state index contributed by atoms with van der Waals surface area (Å²) in [6, 6.07) is 3.11. The second-order valence-electron chi connectivity index (χ2n) is 3.83. The number of pyridine rings is 2. The van der Waals surface area contributed by atoms with E-state index in [1.54, 1.807) is 0 Å². The smallest absolute Gasteiger partial charge is 0.319 e. The second kappa shape index (κ2) is 5.64. The fourth-order valence-corrected chi connectivity index (χ4v) is 1.74. The van der Waals surface area contributed by atoms with E-state index in [-0.39, 0.29) is 17.3 Å². The molecule has 0 aromatic carbocycles. The van der Waals surface area contributed by atoms with Gasteiger partial charge in [-0.3, -0.25) is 10.1 Å². The molecule has 0 aliphatic heterocycles. The summed E-state index contributed by atoms with van der Waals surface area (Å²) in [5.41, 5.74) is -1.24. The SMILES string of the molecule is O=[N+]([O-])c1cc(Br)cnc1Nc1ccc(C(F)(F)F)cn1. The van der Waals surface area contributed by atoms with Gasteiger partial charge in [0.05, 0.1) is 10.5 Å². The van der Waals surface area contributed by atoms with Crippen molar-refractivity contribution in [2.45, 2.75) is 6.18 Å². The number of nitrogens with one attached hydrogen (secondary N) is 1. The van der Waals surface area contributed by atoms with Crippen LogP contribution in [0.4, 0.5) is 30.5 Å². The molecule has 0 spiro atoms. The lowest BCUT2D eigenvalue weighted by molar-refractivity contribution is -0.384. The van der Waals surface area contributed by atoms with Crippen molar-refractivity contribution < 1.29 is 18.1 Å². The first kappa shape index (κ1) is 15.2. The number of aromatic nitrogens is 2. The average molecular weight is 363 g/mol. The van der Waals surface area contributed by atoms with Gasteiger partial charge in [0.1, 0.15) is 5.82 Å². The molecule has 0 unspecified atom stereocenters. The van der Waals surface area contributed by atoms with E-state index in [2.05, 4.69) is 31.2 Å². The number of anilines is 2. The van der Waals surface area contributed by atoms with Crippen molar-refractivity contribution in [3.8, 4) is 0 Å². The van der Waals surface area contributed by atoms with E-state index in [0.29, 0.717) is 10.7 Å². The van der Waals surface area contributed by atoms with E-state index >= 15 is 0 Å². The zero-order valence-electron chi connectivity index (χ0n) is 10.1. The van der Waals surface area contributed by atoms with Gasteiger partial charge in [0, 0.05) is 22.9 Å². The molecule has 2 aromatic heterocycles. The van der Waals surface area contributed by atoms with Crippen molar-refractivity contribution in [2.24, 2.45) is 0 Å². The number of alkyl halides is 3. The summed E-state index contributed by atoms with van der Waals surface area (Å²) in [5.74, 6) is -0.101. The minimum absolute atomic E-state index is 0.0147. The summed E-state index contributed by atoms with van der Waals surface area (Å²) in [5, 5.41) is 13.4. The lowest BCUT2D eigenvalue weighted by Gasteiger charge is -2.08. The first-order valence-corrected chi connectivity index (χ1v) is 6.17. The van der Waals surface area contributed by atoms with E-state index < -0.39 is 16.7 Å². The Morgan fingerprint density at radius 1 is 1.24 bits per heavy atom. The van der Waals surface area contributed by atoms with Crippen LogP contribution in [0.15, 0.2) is 35.1 Å². The standard InChI is InChI=1S/C11H6BrF3N4O2/c12-7-3-8(19(20)21)10(17-5-7)18-9-2-1-6(4-16-9)11(13,14)15/h1-5H,(H,16,17,18). The van der Waals surface area contributed by atoms with Crippen molar-refractivity contribution >= 4 is 33.3 Å². The maximum Gasteiger partial charge on any atom is 0.417 e. The number of hydrogen-bond donors (Lipinski definition) is 1. The number of halogens is 4. The molecule has 0 amide bonds. The van der Waals surface area contributed by atoms with E-state index in [0.717, 1.165) is 12.1 Å². The highest BCUT2D eigenvalue weighted by Crippen LogP contribution is 2.30. The molecule has 0 aliphatic rings. The van der Waals surface area contributed by atoms with Gasteiger partial charge in [0.25, 0.3) is 0 Å². The molecule has 0 bridgehead atoms. The molecule has 0 saturated heterocycles. The normalized spacial score (nSPS) is 11.2. The lowest BCUT2D eigenvalue weighted by Crippen LogP contribution is -2.06. The first-order chi connectivity index (χ1) is 9.77. The highest BCUT2D eigenvalue weighted by Gasteiger charge is 2.30. The molecule has 6 nitrogen and oxygen atoms in total. The Bertz CT molecular complexity index is 676. The zero-order chi connectivity index (χ0) is 15.6. The lowest BCUT2D eigenvalue weighted by atomic mass is 10.3. The molecule has 2 rings (SSSR count). The predicted molar refractivity (Wildman–Crippen MR) is 71.1 cm³/mol. The van der Waals surface area contributed by atoms with E-state index in [1.807, 2.05) is 0 Å². The minimum Gasteiger partial charge on any atom is -0.319 e. The summed E-state index contributed by atoms with van der Waals surface area (Å²) in [7, 11) is 0. The van der Waals surface area contributed by atoms with Crippen molar-refractivity contribution in [2.75, 3.05) is 5.32 Å². The third kappa shape index (κ3) is 3.66. The Morgan fingerprint density at radius 2 is 1.95 bits per heavy atom. The number of nitro groups is 1. The molecule has 110 valence electrons. The van der Waals surface area contributed by atoms with Crippen LogP contribution < -0.4 is 5.32 Å². The van der Waals surface area contributed by atoms with Gasteiger partial charge in [-0.2, -0.15) is 13.2 Å². The molecule has 1 N–H and O–H groups in total. The van der Waals surface area contributed by atoms with Gasteiger partial charge < -0.3 is 5.32 Å². The second-order valence-corrected chi connectivity index (χ2v) is 4.75. The monoisotopic (exact) mass is 362 g/mol. The molecule has 2 aromatic rings. The number of nitrogens with zero attached hydrogens (tertiary/aromatic N) is 3.